The molecular weight excluding hydrogens is 357 g/mol. The molecule has 0 atom stereocenters. The fourth-order valence-corrected chi connectivity index (χ4v) is 3.59. The highest BCUT2D eigenvalue weighted by molar-refractivity contribution is 7.91. The van der Waals surface area contributed by atoms with Crippen LogP contribution in [0.15, 0.2) is 53.4 Å². The predicted octanol–water partition coefficient (Wildman–Crippen LogP) is 3.82. The summed E-state index contributed by atoms with van der Waals surface area (Å²) in [5, 5.41) is 0.450. The average Bonchev–Trinajstić information content (AvgIpc) is 2.55. The number of amides is 1. The second-order valence-corrected chi connectivity index (χ2v) is 7.86. The molecule has 4 nitrogen and oxygen atoms in total. The lowest BCUT2D eigenvalue weighted by molar-refractivity contribution is -0.117. The van der Waals surface area contributed by atoms with Crippen LogP contribution in [0.1, 0.15) is 6.42 Å². The summed E-state index contributed by atoms with van der Waals surface area (Å²) < 4.78 is 24.6. The van der Waals surface area contributed by atoms with Crippen LogP contribution in [0.3, 0.4) is 0 Å². The van der Waals surface area contributed by atoms with Gasteiger partial charge in [0.25, 0.3) is 0 Å². The topological polar surface area (TPSA) is 54.5 Å². The van der Waals surface area contributed by atoms with Gasteiger partial charge in [-0.1, -0.05) is 41.4 Å². The second-order valence-electron chi connectivity index (χ2n) is 4.93. The van der Waals surface area contributed by atoms with E-state index in [1.807, 2.05) is 18.2 Å². The minimum absolute atomic E-state index is 0.0575. The number of hydrogen-bond donors (Lipinski definition) is 0. The van der Waals surface area contributed by atoms with Gasteiger partial charge >= 0.3 is 0 Å². The third-order valence-electron chi connectivity index (χ3n) is 3.35. The molecular formula is C16H15Cl2NO3S. The average molecular weight is 372 g/mol. The smallest absolute Gasteiger partial charge is 0.227 e. The molecule has 2 aromatic carbocycles. The SMILES string of the molecule is CN(C(=O)CCS(=O)(=O)c1ccc(Cl)c(Cl)c1)c1ccccc1. The molecule has 0 radical (unpaired) electrons. The monoisotopic (exact) mass is 371 g/mol. The Balaban J connectivity index is 2.07. The van der Waals surface area contributed by atoms with Gasteiger partial charge < -0.3 is 4.90 Å². The van der Waals surface area contributed by atoms with Crippen LogP contribution in [-0.2, 0) is 14.6 Å². The first-order valence-corrected chi connectivity index (χ1v) is 9.21. The maximum atomic E-state index is 12.3. The molecule has 0 fully saturated rings. The van der Waals surface area contributed by atoms with Crippen LogP contribution in [0.25, 0.3) is 0 Å². The number of rotatable bonds is 5. The van der Waals surface area contributed by atoms with Crippen molar-refractivity contribution in [3.63, 3.8) is 0 Å². The Morgan fingerprint density at radius 1 is 1.04 bits per heavy atom. The molecule has 2 aromatic rings. The summed E-state index contributed by atoms with van der Waals surface area (Å²) in [7, 11) is -1.99. The van der Waals surface area contributed by atoms with E-state index < -0.39 is 9.84 Å². The highest BCUT2D eigenvalue weighted by atomic mass is 35.5. The number of anilines is 1. The molecule has 2 rings (SSSR count). The minimum Gasteiger partial charge on any atom is -0.315 e. The van der Waals surface area contributed by atoms with Crippen molar-refractivity contribution < 1.29 is 13.2 Å². The molecule has 7 heteroatoms. The molecule has 0 spiro atoms. The first-order valence-electron chi connectivity index (χ1n) is 6.80. The van der Waals surface area contributed by atoms with E-state index in [0.717, 1.165) is 0 Å². The zero-order valence-corrected chi connectivity index (χ0v) is 14.7. The number of para-hydroxylation sites is 1. The number of carbonyl (C=O) groups is 1. The lowest BCUT2D eigenvalue weighted by atomic mass is 10.3. The summed E-state index contributed by atoms with van der Waals surface area (Å²) in [6.07, 6.45) is -0.117. The van der Waals surface area contributed by atoms with Crippen LogP contribution >= 0.6 is 23.2 Å². The van der Waals surface area contributed by atoms with Crippen LogP contribution < -0.4 is 4.90 Å². The molecule has 0 aliphatic heterocycles. The van der Waals surface area contributed by atoms with Gasteiger partial charge in [-0.25, -0.2) is 8.42 Å². The Labute approximate surface area is 145 Å². The molecule has 0 aliphatic carbocycles. The Morgan fingerprint density at radius 3 is 2.30 bits per heavy atom. The van der Waals surface area contributed by atoms with Gasteiger partial charge in [0.2, 0.25) is 5.91 Å². The van der Waals surface area contributed by atoms with Gasteiger partial charge in [0.05, 0.1) is 20.7 Å². The largest absolute Gasteiger partial charge is 0.315 e. The summed E-state index contributed by atoms with van der Waals surface area (Å²) in [6, 6.07) is 13.1. The standard InChI is InChI=1S/C16H15Cl2NO3S/c1-19(12-5-3-2-4-6-12)16(20)9-10-23(21,22)13-7-8-14(17)15(18)11-13/h2-8,11H,9-10H2,1H3. The van der Waals surface area contributed by atoms with Gasteiger partial charge in [0.15, 0.2) is 9.84 Å². The fraction of sp³-hybridized carbons (Fsp3) is 0.188. The highest BCUT2D eigenvalue weighted by Crippen LogP contribution is 2.25. The van der Waals surface area contributed by atoms with Crippen LogP contribution in [0.2, 0.25) is 10.0 Å². The third-order valence-corrected chi connectivity index (χ3v) is 5.81. The third kappa shape index (κ3) is 4.47. The van der Waals surface area contributed by atoms with Crippen molar-refractivity contribution in [2.75, 3.05) is 17.7 Å². The molecule has 0 aromatic heterocycles. The van der Waals surface area contributed by atoms with E-state index in [9.17, 15) is 13.2 Å². The molecule has 23 heavy (non-hydrogen) atoms. The van der Waals surface area contributed by atoms with Gasteiger partial charge in [0, 0.05) is 19.2 Å². The lowest BCUT2D eigenvalue weighted by Crippen LogP contribution is -2.28. The summed E-state index contributed by atoms with van der Waals surface area (Å²) in [4.78, 5) is 13.6. The zero-order chi connectivity index (χ0) is 17.0. The van der Waals surface area contributed by atoms with Gasteiger partial charge in [-0.05, 0) is 30.3 Å². The molecule has 0 saturated heterocycles. The van der Waals surface area contributed by atoms with Gasteiger partial charge in [-0.15, -0.1) is 0 Å². The van der Waals surface area contributed by atoms with Crippen LogP contribution in [0.5, 0.6) is 0 Å². The van der Waals surface area contributed by atoms with E-state index in [4.69, 9.17) is 23.2 Å². The number of benzene rings is 2. The van der Waals surface area contributed by atoms with Gasteiger partial charge in [-0.2, -0.15) is 0 Å². The number of carbonyl (C=O) groups excluding carboxylic acids is 1. The number of hydrogen-bond acceptors (Lipinski definition) is 3. The maximum Gasteiger partial charge on any atom is 0.227 e. The quantitative estimate of drug-likeness (QED) is 0.802. The molecule has 0 bridgehead atoms. The van der Waals surface area contributed by atoms with Crippen molar-refractivity contribution in [2.45, 2.75) is 11.3 Å². The van der Waals surface area contributed by atoms with Crippen molar-refractivity contribution in [1.82, 2.24) is 0 Å². The number of sulfone groups is 1. The minimum atomic E-state index is -3.60. The number of halogens is 2. The molecule has 0 heterocycles. The molecule has 1 amide bonds. The summed E-state index contributed by atoms with van der Waals surface area (Å²) in [5.74, 6) is -0.569. The summed E-state index contributed by atoms with van der Waals surface area (Å²) >= 11 is 11.6. The summed E-state index contributed by atoms with van der Waals surface area (Å²) in [6.45, 7) is 0. The van der Waals surface area contributed by atoms with Crippen molar-refractivity contribution in [3.05, 3.63) is 58.6 Å². The van der Waals surface area contributed by atoms with E-state index in [0.29, 0.717) is 5.69 Å². The second kappa shape index (κ2) is 7.34. The van der Waals surface area contributed by atoms with Crippen LogP contribution in [-0.4, -0.2) is 27.1 Å². The number of nitrogens with zero attached hydrogens (tertiary/aromatic N) is 1. The van der Waals surface area contributed by atoms with Crippen LogP contribution in [0, 0.1) is 0 Å². The Kier molecular flexibility index (Phi) is 5.68. The molecule has 0 saturated carbocycles. The highest BCUT2D eigenvalue weighted by Gasteiger charge is 2.19. The maximum absolute atomic E-state index is 12.3. The van der Waals surface area contributed by atoms with E-state index in [2.05, 4.69) is 0 Å². The zero-order valence-electron chi connectivity index (χ0n) is 12.4. The van der Waals surface area contributed by atoms with Gasteiger partial charge in [0.1, 0.15) is 0 Å². The first-order chi connectivity index (χ1) is 10.8. The summed E-state index contributed by atoms with van der Waals surface area (Å²) in [5.41, 5.74) is 0.712. The van der Waals surface area contributed by atoms with E-state index in [1.54, 1.807) is 19.2 Å². The molecule has 0 aliphatic rings. The van der Waals surface area contributed by atoms with E-state index in [1.165, 1.54) is 23.1 Å². The van der Waals surface area contributed by atoms with E-state index >= 15 is 0 Å². The Bertz CT molecular complexity index is 807. The molecule has 0 N–H and O–H groups in total. The Morgan fingerprint density at radius 2 is 1.70 bits per heavy atom. The van der Waals surface area contributed by atoms with E-state index in [-0.39, 0.29) is 33.0 Å². The lowest BCUT2D eigenvalue weighted by Gasteiger charge is -2.17. The molecule has 0 unspecified atom stereocenters. The predicted molar refractivity (Wildman–Crippen MR) is 93.0 cm³/mol. The first kappa shape index (κ1) is 17.8. The molecule has 122 valence electrons. The fourth-order valence-electron chi connectivity index (χ4n) is 1.97. The van der Waals surface area contributed by atoms with Crippen molar-refractivity contribution >= 4 is 44.6 Å². The van der Waals surface area contributed by atoms with Gasteiger partial charge in [-0.3, -0.25) is 4.79 Å². The van der Waals surface area contributed by atoms with Crippen LogP contribution in [0.4, 0.5) is 5.69 Å². The normalized spacial score (nSPS) is 11.3. The Hall–Kier alpha value is -1.56. The van der Waals surface area contributed by atoms with Crippen molar-refractivity contribution in [2.24, 2.45) is 0 Å². The van der Waals surface area contributed by atoms with Crippen molar-refractivity contribution in [3.8, 4) is 0 Å². The van der Waals surface area contributed by atoms with Crippen molar-refractivity contribution in [1.29, 1.82) is 0 Å².